The first kappa shape index (κ1) is 14.5. The fourth-order valence-electron chi connectivity index (χ4n) is 1.71. The molecule has 2 rings (SSSR count). The molecular weight excluding hydrogens is 296 g/mol. The lowest BCUT2D eigenvalue weighted by Crippen LogP contribution is -2.10. The van der Waals surface area contributed by atoms with Gasteiger partial charge in [0.25, 0.3) is 0 Å². The van der Waals surface area contributed by atoms with Crippen molar-refractivity contribution in [3.8, 4) is 0 Å². The van der Waals surface area contributed by atoms with Crippen LogP contribution < -0.4 is 0 Å². The number of rotatable bonds is 2. The molecule has 104 valence electrons. The van der Waals surface area contributed by atoms with E-state index in [1.54, 1.807) is 13.0 Å². The molecule has 2 aromatic rings. The molecule has 0 heterocycles. The number of ketones is 1. The fourth-order valence-corrected chi connectivity index (χ4v) is 1.92. The van der Waals surface area contributed by atoms with Crippen LogP contribution in [-0.2, 0) is 0 Å². The summed E-state index contributed by atoms with van der Waals surface area (Å²) < 4.78 is 52.7. The zero-order chi connectivity index (χ0) is 15.0. The van der Waals surface area contributed by atoms with Gasteiger partial charge in [-0.1, -0.05) is 23.7 Å². The summed E-state index contributed by atoms with van der Waals surface area (Å²) in [5.41, 5.74) is -0.481. The van der Waals surface area contributed by atoms with E-state index in [0.717, 1.165) is 0 Å². The topological polar surface area (TPSA) is 17.1 Å². The Hall–Kier alpha value is -1.88. The lowest BCUT2D eigenvalue weighted by atomic mass is 10.0. The van der Waals surface area contributed by atoms with Crippen LogP contribution in [0.1, 0.15) is 21.5 Å². The first-order chi connectivity index (χ1) is 9.34. The highest BCUT2D eigenvalue weighted by Crippen LogP contribution is 2.26. The predicted octanol–water partition coefficient (Wildman–Crippen LogP) is 4.44. The van der Waals surface area contributed by atoms with Gasteiger partial charge in [0.1, 0.15) is 0 Å². The molecule has 0 amide bonds. The molecule has 0 aliphatic heterocycles. The summed E-state index contributed by atoms with van der Waals surface area (Å²) in [6, 6.07) is 4.70. The Bertz CT molecular complexity index is 713. The average molecular weight is 303 g/mol. The van der Waals surface area contributed by atoms with Gasteiger partial charge in [0, 0.05) is 5.56 Å². The van der Waals surface area contributed by atoms with Crippen molar-refractivity contribution in [2.75, 3.05) is 0 Å². The van der Waals surface area contributed by atoms with Gasteiger partial charge in [0.05, 0.1) is 10.6 Å². The van der Waals surface area contributed by atoms with E-state index in [4.69, 9.17) is 11.6 Å². The van der Waals surface area contributed by atoms with Gasteiger partial charge in [-0.05, 0) is 24.6 Å². The van der Waals surface area contributed by atoms with Crippen molar-refractivity contribution in [1.82, 2.24) is 0 Å². The number of hydrogen-bond acceptors (Lipinski definition) is 1. The number of hydrogen-bond donors (Lipinski definition) is 0. The van der Waals surface area contributed by atoms with Crippen molar-refractivity contribution in [3.63, 3.8) is 0 Å². The van der Waals surface area contributed by atoms with Crippen LogP contribution >= 0.6 is 11.6 Å². The third-order valence-electron chi connectivity index (χ3n) is 2.78. The van der Waals surface area contributed by atoms with Crippen LogP contribution in [0.25, 0.3) is 0 Å². The lowest BCUT2D eigenvalue weighted by molar-refractivity contribution is 0.103. The van der Waals surface area contributed by atoms with Gasteiger partial charge in [0.15, 0.2) is 29.1 Å². The number of benzene rings is 2. The van der Waals surface area contributed by atoms with Gasteiger partial charge in [-0.2, -0.15) is 0 Å². The molecule has 0 fully saturated rings. The van der Waals surface area contributed by atoms with Crippen LogP contribution in [0.5, 0.6) is 0 Å². The normalized spacial score (nSPS) is 10.7. The first-order valence-corrected chi connectivity index (χ1v) is 5.85. The highest BCUT2D eigenvalue weighted by molar-refractivity contribution is 6.35. The third kappa shape index (κ3) is 2.29. The molecule has 0 aliphatic carbocycles. The molecule has 2 aromatic carbocycles. The maximum absolute atomic E-state index is 13.6. The van der Waals surface area contributed by atoms with Crippen LogP contribution in [0, 0.1) is 30.2 Å². The van der Waals surface area contributed by atoms with Crippen LogP contribution in [-0.4, -0.2) is 5.78 Å². The van der Waals surface area contributed by atoms with E-state index >= 15 is 0 Å². The van der Waals surface area contributed by atoms with E-state index in [9.17, 15) is 22.4 Å². The molecule has 6 heteroatoms. The minimum absolute atomic E-state index is 0.0436. The van der Waals surface area contributed by atoms with Crippen LogP contribution in [0.4, 0.5) is 17.6 Å². The Balaban J connectivity index is 2.63. The van der Waals surface area contributed by atoms with E-state index in [2.05, 4.69) is 0 Å². The van der Waals surface area contributed by atoms with Gasteiger partial charge in [0.2, 0.25) is 0 Å². The Morgan fingerprint density at radius 3 is 2.30 bits per heavy atom. The highest BCUT2D eigenvalue weighted by Gasteiger charge is 2.25. The van der Waals surface area contributed by atoms with Crippen molar-refractivity contribution in [3.05, 3.63) is 69.2 Å². The molecule has 0 saturated carbocycles. The summed E-state index contributed by atoms with van der Waals surface area (Å²) in [4.78, 5) is 12.1. The molecule has 0 unspecified atom stereocenters. The molecule has 0 saturated heterocycles. The maximum atomic E-state index is 13.6. The molecule has 0 aliphatic rings. The second-order valence-corrected chi connectivity index (χ2v) is 4.49. The molecule has 1 nitrogen and oxygen atoms in total. The largest absolute Gasteiger partial charge is 0.288 e. The monoisotopic (exact) mass is 302 g/mol. The molecule has 0 radical (unpaired) electrons. The van der Waals surface area contributed by atoms with E-state index in [0.29, 0.717) is 11.6 Å². The Morgan fingerprint density at radius 2 is 1.65 bits per heavy atom. The third-order valence-corrected chi connectivity index (χ3v) is 3.29. The van der Waals surface area contributed by atoms with Crippen molar-refractivity contribution in [2.45, 2.75) is 6.92 Å². The average Bonchev–Trinajstić information content (AvgIpc) is 2.43. The van der Waals surface area contributed by atoms with Crippen LogP contribution in [0.3, 0.4) is 0 Å². The first-order valence-electron chi connectivity index (χ1n) is 5.47. The number of carbonyl (C=O) groups excluding carboxylic acids is 1. The van der Waals surface area contributed by atoms with Crippen molar-refractivity contribution < 1.29 is 22.4 Å². The van der Waals surface area contributed by atoms with Crippen LogP contribution in [0.2, 0.25) is 5.02 Å². The van der Waals surface area contributed by atoms with Crippen molar-refractivity contribution >= 4 is 17.4 Å². The zero-order valence-corrected chi connectivity index (χ0v) is 10.9. The Morgan fingerprint density at radius 1 is 1.00 bits per heavy atom. The second-order valence-electron chi connectivity index (χ2n) is 4.11. The fraction of sp³-hybridized carbons (Fsp3) is 0.0714. The molecular formula is C14H7ClF4O. The van der Waals surface area contributed by atoms with E-state index in [-0.39, 0.29) is 10.6 Å². The van der Waals surface area contributed by atoms with Gasteiger partial charge >= 0.3 is 0 Å². The van der Waals surface area contributed by atoms with Crippen LogP contribution in [0.15, 0.2) is 24.3 Å². The summed E-state index contributed by atoms with van der Waals surface area (Å²) in [7, 11) is 0. The predicted molar refractivity (Wildman–Crippen MR) is 65.9 cm³/mol. The highest BCUT2D eigenvalue weighted by atomic mass is 35.5. The van der Waals surface area contributed by atoms with Crippen molar-refractivity contribution in [1.29, 1.82) is 0 Å². The maximum Gasteiger partial charge on any atom is 0.198 e. The zero-order valence-electron chi connectivity index (χ0n) is 10.1. The quantitative estimate of drug-likeness (QED) is 0.347. The van der Waals surface area contributed by atoms with Gasteiger partial charge < -0.3 is 0 Å². The van der Waals surface area contributed by atoms with E-state index < -0.39 is 34.6 Å². The molecule has 0 N–H and O–H groups in total. The summed E-state index contributed by atoms with van der Waals surface area (Å²) in [6.07, 6.45) is 0. The second kappa shape index (κ2) is 5.25. The number of aryl methyl sites for hydroxylation is 1. The summed E-state index contributed by atoms with van der Waals surface area (Å²) >= 11 is 5.90. The SMILES string of the molecule is Cc1cccc(C(=O)c2cc(F)c(F)c(F)c2F)c1Cl. The smallest absolute Gasteiger partial charge is 0.198 e. The molecule has 0 aromatic heterocycles. The minimum Gasteiger partial charge on any atom is -0.288 e. The van der Waals surface area contributed by atoms with Gasteiger partial charge in [-0.3, -0.25) is 4.79 Å². The molecule has 0 bridgehead atoms. The summed E-state index contributed by atoms with van der Waals surface area (Å²) in [5.74, 6) is -8.40. The molecule has 20 heavy (non-hydrogen) atoms. The standard InChI is InChI=1S/C14H7ClF4O/c1-6-3-2-4-7(10(6)15)14(20)8-5-9(16)12(18)13(19)11(8)17/h2-5H,1H3. The van der Waals surface area contributed by atoms with Gasteiger partial charge in [-0.25, -0.2) is 17.6 Å². The Kier molecular flexibility index (Phi) is 3.81. The summed E-state index contributed by atoms with van der Waals surface area (Å²) in [5, 5.41) is 0.0436. The number of halogens is 5. The summed E-state index contributed by atoms with van der Waals surface area (Å²) in [6.45, 7) is 1.61. The molecule has 0 spiro atoms. The lowest BCUT2D eigenvalue weighted by Gasteiger charge is -2.08. The number of carbonyl (C=O) groups is 1. The van der Waals surface area contributed by atoms with Gasteiger partial charge in [-0.15, -0.1) is 0 Å². The van der Waals surface area contributed by atoms with Crippen molar-refractivity contribution in [2.24, 2.45) is 0 Å². The Labute approximate surface area is 116 Å². The minimum atomic E-state index is -2.03. The van der Waals surface area contributed by atoms with E-state index in [1.165, 1.54) is 12.1 Å². The molecule has 0 atom stereocenters. The van der Waals surface area contributed by atoms with E-state index in [1.807, 2.05) is 0 Å².